The number of anilines is 6. The van der Waals surface area contributed by atoms with Crippen molar-refractivity contribution in [3.63, 3.8) is 0 Å². The predicted octanol–water partition coefficient (Wildman–Crippen LogP) is 12.6. The molecule has 0 atom stereocenters. The van der Waals surface area contributed by atoms with Crippen molar-refractivity contribution in [3.05, 3.63) is 143 Å². The van der Waals surface area contributed by atoms with Crippen LogP contribution in [0.5, 0.6) is 0 Å². The maximum Gasteiger partial charge on any atom is 0.0507 e. The summed E-state index contributed by atoms with van der Waals surface area (Å²) in [6.45, 7) is 14.1. The molecule has 7 rings (SSSR count). The number of aryl methyl sites for hydroxylation is 2. The zero-order valence-corrected chi connectivity index (χ0v) is 28.5. The third-order valence-electron chi connectivity index (χ3n) is 10.6. The zero-order valence-electron chi connectivity index (χ0n) is 28.5. The van der Waals surface area contributed by atoms with E-state index in [1.54, 1.807) is 0 Å². The second kappa shape index (κ2) is 11.8. The van der Waals surface area contributed by atoms with E-state index in [4.69, 9.17) is 0 Å². The summed E-state index contributed by atoms with van der Waals surface area (Å²) in [5, 5.41) is 0. The van der Waals surface area contributed by atoms with E-state index in [1.165, 1.54) is 93.2 Å². The molecule has 0 aromatic heterocycles. The van der Waals surface area contributed by atoms with Crippen molar-refractivity contribution in [1.29, 1.82) is 0 Å². The Morgan fingerprint density at radius 3 is 1.17 bits per heavy atom. The minimum absolute atomic E-state index is 0.171. The average molecular weight is 605 g/mol. The monoisotopic (exact) mass is 604 g/mol. The lowest BCUT2D eigenvalue weighted by Crippen LogP contribution is -2.35. The molecule has 2 nitrogen and oxygen atoms in total. The van der Waals surface area contributed by atoms with Crippen molar-refractivity contribution in [2.24, 2.45) is 0 Å². The normalized spacial score (nSPS) is 15.5. The SMILES string of the molecule is CCCCc1ccc(N2c3ccccc3C(C)(C)c3cc4c(cc32)C(C)(C)c2ccccc2N4c2ccc(CCCC)cc2)cc1. The van der Waals surface area contributed by atoms with Crippen molar-refractivity contribution in [2.45, 2.75) is 90.9 Å². The summed E-state index contributed by atoms with van der Waals surface area (Å²) >= 11 is 0. The lowest BCUT2D eigenvalue weighted by molar-refractivity contribution is 0.615. The fraction of sp³-hybridized carbons (Fsp3) is 0.318. The molecule has 0 fully saturated rings. The van der Waals surface area contributed by atoms with Crippen LogP contribution in [0.4, 0.5) is 34.1 Å². The molecule has 2 heterocycles. The van der Waals surface area contributed by atoms with Crippen LogP contribution in [-0.4, -0.2) is 0 Å². The van der Waals surface area contributed by atoms with Gasteiger partial charge in [-0.25, -0.2) is 0 Å². The van der Waals surface area contributed by atoms with Crippen LogP contribution in [0.2, 0.25) is 0 Å². The molecule has 0 bridgehead atoms. The number of rotatable bonds is 8. The van der Waals surface area contributed by atoms with Gasteiger partial charge in [-0.3, -0.25) is 0 Å². The van der Waals surface area contributed by atoms with Crippen molar-refractivity contribution >= 4 is 34.1 Å². The van der Waals surface area contributed by atoms with E-state index in [0.717, 1.165) is 12.8 Å². The Kier molecular flexibility index (Phi) is 7.79. The van der Waals surface area contributed by atoms with E-state index in [1.807, 2.05) is 0 Å². The Bertz CT molecular complexity index is 1720. The van der Waals surface area contributed by atoms with Gasteiger partial charge in [0, 0.05) is 22.2 Å². The standard InChI is InChI=1S/C44H48N2/c1-7-9-15-31-21-25-33(26-22-31)45-39-19-13-11-17-35(39)43(3,4)37-30-42-38(29-41(37)45)44(5,6)36-18-12-14-20-40(36)46(42)34-27-23-32(24-28-34)16-10-8-2/h11-14,17-30H,7-10,15-16H2,1-6H3. The van der Waals surface area contributed by atoms with Crippen molar-refractivity contribution in [3.8, 4) is 0 Å². The van der Waals surface area contributed by atoms with Gasteiger partial charge in [0.15, 0.2) is 0 Å². The van der Waals surface area contributed by atoms with Gasteiger partial charge in [-0.1, -0.05) is 115 Å². The highest BCUT2D eigenvalue weighted by Gasteiger charge is 2.42. The van der Waals surface area contributed by atoms with Crippen LogP contribution in [0.15, 0.2) is 109 Å². The van der Waals surface area contributed by atoms with E-state index < -0.39 is 0 Å². The van der Waals surface area contributed by atoms with Crippen molar-refractivity contribution in [1.82, 2.24) is 0 Å². The molecule has 0 spiro atoms. The molecule has 0 aliphatic carbocycles. The third-order valence-corrected chi connectivity index (χ3v) is 10.6. The Hall–Kier alpha value is -4.30. The molecule has 5 aromatic carbocycles. The number of benzene rings is 5. The molecule has 0 N–H and O–H groups in total. The molecule has 234 valence electrons. The molecule has 2 aliphatic heterocycles. The molecule has 0 radical (unpaired) electrons. The first-order valence-corrected chi connectivity index (χ1v) is 17.4. The Morgan fingerprint density at radius 2 is 0.804 bits per heavy atom. The number of hydrogen-bond acceptors (Lipinski definition) is 2. The van der Waals surface area contributed by atoms with E-state index >= 15 is 0 Å². The molecular weight excluding hydrogens is 556 g/mol. The van der Waals surface area contributed by atoms with Gasteiger partial charge in [0.1, 0.15) is 0 Å². The Balaban J connectivity index is 1.45. The summed E-state index contributed by atoms with van der Waals surface area (Å²) in [6.07, 6.45) is 7.15. The fourth-order valence-corrected chi connectivity index (χ4v) is 7.83. The molecule has 46 heavy (non-hydrogen) atoms. The lowest BCUT2D eigenvalue weighted by Gasteiger charge is -2.47. The minimum Gasteiger partial charge on any atom is -0.310 e. The van der Waals surface area contributed by atoms with Crippen LogP contribution < -0.4 is 9.80 Å². The summed E-state index contributed by atoms with van der Waals surface area (Å²) in [6, 6.07) is 41.7. The first kappa shape index (κ1) is 30.4. The summed E-state index contributed by atoms with van der Waals surface area (Å²) in [5.74, 6) is 0. The molecule has 0 amide bonds. The number of fused-ring (bicyclic) bond motifs is 4. The van der Waals surface area contributed by atoms with Gasteiger partial charge in [0.25, 0.3) is 0 Å². The quantitative estimate of drug-likeness (QED) is 0.174. The number of unbranched alkanes of at least 4 members (excludes halogenated alkanes) is 2. The maximum absolute atomic E-state index is 2.52. The van der Waals surface area contributed by atoms with Crippen LogP contribution in [0.25, 0.3) is 0 Å². The molecule has 5 aromatic rings. The number of para-hydroxylation sites is 2. The molecule has 0 unspecified atom stereocenters. The Labute approximate surface area is 276 Å². The number of hydrogen-bond donors (Lipinski definition) is 0. The molecular formula is C44H48N2. The lowest BCUT2D eigenvalue weighted by atomic mass is 9.69. The summed E-state index contributed by atoms with van der Waals surface area (Å²) < 4.78 is 0. The molecule has 2 aliphatic rings. The minimum atomic E-state index is -0.171. The second-order valence-electron chi connectivity index (χ2n) is 14.4. The van der Waals surface area contributed by atoms with Gasteiger partial charge in [-0.15, -0.1) is 0 Å². The van der Waals surface area contributed by atoms with E-state index in [2.05, 4.69) is 161 Å². The van der Waals surface area contributed by atoms with Crippen LogP contribution >= 0.6 is 0 Å². The first-order valence-electron chi connectivity index (χ1n) is 17.4. The zero-order chi connectivity index (χ0) is 32.1. The van der Waals surface area contributed by atoms with E-state index in [0.29, 0.717) is 0 Å². The summed E-state index contributed by atoms with van der Waals surface area (Å²) in [7, 11) is 0. The highest BCUT2D eigenvalue weighted by atomic mass is 15.2. The van der Waals surface area contributed by atoms with Crippen LogP contribution in [0, 0.1) is 0 Å². The smallest absolute Gasteiger partial charge is 0.0507 e. The Morgan fingerprint density at radius 1 is 0.435 bits per heavy atom. The van der Waals surface area contributed by atoms with E-state index in [9.17, 15) is 0 Å². The molecule has 2 heteroatoms. The second-order valence-corrected chi connectivity index (χ2v) is 14.4. The predicted molar refractivity (Wildman–Crippen MR) is 197 cm³/mol. The van der Waals surface area contributed by atoms with Crippen molar-refractivity contribution < 1.29 is 0 Å². The third kappa shape index (κ3) is 4.94. The van der Waals surface area contributed by atoms with Gasteiger partial charge in [-0.2, -0.15) is 0 Å². The van der Waals surface area contributed by atoms with Crippen LogP contribution in [0.1, 0.15) is 101 Å². The summed E-state index contributed by atoms with van der Waals surface area (Å²) in [4.78, 5) is 5.03. The van der Waals surface area contributed by atoms with Crippen LogP contribution in [-0.2, 0) is 23.7 Å². The maximum atomic E-state index is 2.52. The highest BCUT2D eigenvalue weighted by molar-refractivity contribution is 5.92. The molecule has 0 saturated heterocycles. The van der Waals surface area contributed by atoms with E-state index in [-0.39, 0.29) is 10.8 Å². The van der Waals surface area contributed by atoms with Crippen molar-refractivity contribution in [2.75, 3.05) is 9.80 Å². The largest absolute Gasteiger partial charge is 0.310 e. The fourth-order valence-electron chi connectivity index (χ4n) is 7.83. The van der Waals surface area contributed by atoms with Crippen LogP contribution in [0.3, 0.4) is 0 Å². The molecule has 0 saturated carbocycles. The first-order chi connectivity index (χ1) is 22.3. The van der Waals surface area contributed by atoms with Gasteiger partial charge >= 0.3 is 0 Å². The summed E-state index contributed by atoms with van der Waals surface area (Å²) in [5.41, 5.74) is 15.5. The van der Waals surface area contributed by atoms with Gasteiger partial charge in [0.2, 0.25) is 0 Å². The topological polar surface area (TPSA) is 6.48 Å². The highest BCUT2D eigenvalue weighted by Crippen LogP contribution is 2.58. The van der Waals surface area contributed by atoms with Gasteiger partial charge in [0.05, 0.1) is 22.7 Å². The average Bonchev–Trinajstić information content (AvgIpc) is 3.07. The van der Waals surface area contributed by atoms with Gasteiger partial charge < -0.3 is 9.80 Å². The number of nitrogens with zero attached hydrogens (tertiary/aromatic N) is 2. The van der Waals surface area contributed by atoms with Gasteiger partial charge in [-0.05, 0) is 108 Å².